The van der Waals surface area contributed by atoms with Crippen molar-refractivity contribution in [1.82, 2.24) is 4.90 Å². The first-order chi connectivity index (χ1) is 17.6. The first-order valence-corrected chi connectivity index (χ1v) is 12.8. The van der Waals surface area contributed by atoms with E-state index in [0.717, 1.165) is 36.1 Å². The number of unbranched alkanes of at least 4 members (excludes halogenated alkanes) is 3. The first-order valence-electron chi connectivity index (χ1n) is 12.8. The second-order valence-electron chi connectivity index (χ2n) is 8.94. The molecule has 0 spiro atoms. The van der Waals surface area contributed by atoms with E-state index in [2.05, 4.69) is 19.1 Å². The summed E-state index contributed by atoms with van der Waals surface area (Å²) in [4.78, 5) is 27.0. The van der Waals surface area contributed by atoms with Crippen LogP contribution in [0.4, 0.5) is 0 Å². The summed E-state index contributed by atoms with van der Waals surface area (Å²) in [6, 6.07) is 25.3. The van der Waals surface area contributed by atoms with Crippen molar-refractivity contribution in [1.29, 1.82) is 0 Å². The van der Waals surface area contributed by atoms with Gasteiger partial charge >= 0.3 is 5.97 Å². The molecule has 3 aromatic rings. The first kappa shape index (κ1) is 27.0. The van der Waals surface area contributed by atoms with Crippen molar-refractivity contribution in [3.63, 3.8) is 0 Å². The van der Waals surface area contributed by atoms with Crippen LogP contribution in [0.2, 0.25) is 0 Å². The normalized spacial score (nSPS) is 10.6. The van der Waals surface area contributed by atoms with Crippen molar-refractivity contribution < 1.29 is 19.1 Å². The number of esters is 1. The molecule has 0 aromatic heterocycles. The topological polar surface area (TPSA) is 55.8 Å². The van der Waals surface area contributed by atoms with Gasteiger partial charge in [0.15, 0.2) is 0 Å². The standard InChI is InChI=1S/C31H37NO4/c1-3-4-5-11-22-32(23-26-12-7-6-8-13-26)30(33)21-18-25-16-19-28(20-17-25)36-24-27-14-9-10-15-29(27)31(34)35-2/h6-10,12-17,19-20H,3-5,11,18,21-24H2,1-2H3. The average Bonchev–Trinajstić information content (AvgIpc) is 2.93. The summed E-state index contributed by atoms with van der Waals surface area (Å²) >= 11 is 0. The fraction of sp³-hybridized carbons (Fsp3) is 0.355. The molecule has 1 amide bonds. The lowest BCUT2D eigenvalue weighted by Crippen LogP contribution is -2.31. The van der Waals surface area contributed by atoms with Gasteiger partial charge in [0, 0.05) is 25.1 Å². The molecule has 0 aliphatic rings. The molecule has 5 heteroatoms. The van der Waals surface area contributed by atoms with Crippen molar-refractivity contribution in [2.24, 2.45) is 0 Å². The summed E-state index contributed by atoms with van der Waals surface area (Å²) in [5, 5.41) is 0. The maximum absolute atomic E-state index is 13.1. The Bertz CT molecular complexity index is 1080. The number of aryl methyl sites for hydroxylation is 1. The average molecular weight is 488 g/mol. The number of ether oxygens (including phenoxy) is 2. The zero-order valence-corrected chi connectivity index (χ0v) is 21.4. The Hall–Kier alpha value is -3.60. The summed E-state index contributed by atoms with van der Waals surface area (Å²) in [5.41, 5.74) is 3.54. The number of hydrogen-bond acceptors (Lipinski definition) is 4. The second-order valence-corrected chi connectivity index (χ2v) is 8.94. The Morgan fingerprint density at radius 3 is 2.25 bits per heavy atom. The molecule has 36 heavy (non-hydrogen) atoms. The van der Waals surface area contributed by atoms with Gasteiger partial charge in [-0.25, -0.2) is 4.79 Å². The number of methoxy groups -OCH3 is 1. The van der Waals surface area contributed by atoms with Crippen LogP contribution in [-0.4, -0.2) is 30.4 Å². The minimum Gasteiger partial charge on any atom is -0.489 e. The van der Waals surface area contributed by atoms with E-state index in [1.165, 1.54) is 20.0 Å². The predicted molar refractivity (Wildman–Crippen MR) is 143 cm³/mol. The zero-order valence-electron chi connectivity index (χ0n) is 21.4. The lowest BCUT2D eigenvalue weighted by molar-refractivity contribution is -0.131. The van der Waals surface area contributed by atoms with E-state index in [-0.39, 0.29) is 18.5 Å². The molecule has 0 atom stereocenters. The van der Waals surface area contributed by atoms with Gasteiger partial charge in [-0.15, -0.1) is 0 Å². The molecule has 0 bridgehead atoms. The van der Waals surface area contributed by atoms with Crippen molar-refractivity contribution in [2.75, 3.05) is 13.7 Å². The molecule has 0 saturated heterocycles. The monoisotopic (exact) mass is 487 g/mol. The van der Waals surface area contributed by atoms with Gasteiger partial charge in [0.1, 0.15) is 12.4 Å². The molecular formula is C31H37NO4. The Labute approximate surface area is 215 Å². The Balaban J connectivity index is 1.53. The van der Waals surface area contributed by atoms with Crippen molar-refractivity contribution in [3.05, 3.63) is 101 Å². The van der Waals surface area contributed by atoms with Gasteiger partial charge < -0.3 is 14.4 Å². The summed E-state index contributed by atoms with van der Waals surface area (Å²) in [6.07, 6.45) is 5.75. The fourth-order valence-corrected chi connectivity index (χ4v) is 4.10. The number of carbonyl (C=O) groups excluding carboxylic acids is 2. The molecule has 0 aliphatic carbocycles. The van der Waals surface area contributed by atoms with E-state index in [1.807, 2.05) is 59.5 Å². The highest BCUT2D eigenvalue weighted by Gasteiger charge is 2.14. The van der Waals surface area contributed by atoms with Crippen LogP contribution >= 0.6 is 0 Å². The number of amides is 1. The van der Waals surface area contributed by atoms with Crippen LogP contribution in [0.1, 0.15) is 66.1 Å². The van der Waals surface area contributed by atoms with Gasteiger partial charge in [-0.05, 0) is 42.2 Å². The van der Waals surface area contributed by atoms with Crippen LogP contribution in [0.25, 0.3) is 0 Å². The molecule has 3 aromatic carbocycles. The largest absolute Gasteiger partial charge is 0.489 e. The van der Waals surface area contributed by atoms with Gasteiger partial charge in [0.25, 0.3) is 0 Å². The van der Waals surface area contributed by atoms with Gasteiger partial charge in [0.2, 0.25) is 5.91 Å². The Morgan fingerprint density at radius 1 is 0.806 bits per heavy atom. The summed E-state index contributed by atoms with van der Waals surface area (Å²) in [6.45, 7) is 3.93. The summed E-state index contributed by atoms with van der Waals surface area (Å²) in [7, 11) is 1.37. The number of carbonyl (C=O) groups is 2. The van der Waals surface area contributed by atoms with E-state index in [0.29, 0.717) is 30.7 Å². The third kappa shape index (κ3) is 8.56. The maximum Gasteiger partial charge on any atom is 0.338 e. The number of rotatable bonds is 14. The number of benzene rings is 3. The van der Waals surface area contributed by atoms with Crippen LogP contribution in [0.3, 0.4) is 0 Å². The molecule has 0 fully saturated rings. The van der Waals surface area contributed by atoms with E-state index in [4.69, 9.17) is 9.47 Å². The van der Waals surface area contributed by atoms with Crippen LogP contribution < -0.4 is 4.74 Å². The molecule has 0 N–H and O–H groups in total. The van der Waals surface area contributed by atoms with E-state index >= 15 is 0 Å². The van der Waals surface area contributed by atoms with Crippen LogP contribution in [0, 0.1) is 0 Å². The van der Waals surface area contributed by atoms with Crippen LogP contribution in [-0.2, 0) is 29.1 Å². The van der Waals surface area contributed by atoms with E-state index < -0.39 is 0 Å². The van der Waals surface area contributed by atoms with Crippen molar-refractivity contribution >= 4 is 11.9 Å². The molecule has 3 rings (SSSR count). The van der Waals surface area contributed by atoms with Gasteiger partial charge in [-0.1, -0.05) is 86.8 Å². The number of nitrogens with zero attached hydrogens (tertiary/aromatic N) is 1. The van der Waals surface area contributed by atoms with Crippen LogP contribution in [0.5, 0.6) is 5.75 Å². The quantitative estimate of drug-likeness (QED) is 0.190. The highest BCUT2D eigenvalue weighted by atomic mass is 16.5. The highest BCUT2D eigenvalue weighted by molar-refractivity contribution is 5.90. The number of hydrogen-bond donors (Lipinski definition) is 0. The fourth-order valence-electron chi connectivity index (χ4n) is 4.10. The molecule has 0 aliphatic heterocycles. The van der Waals surface area contributed by atoms with Crippen molar-refractivity contribution in [2.45, 2.75) is 58.6 Å². The smallest absolute Gasteiger partial charge is 0.338 e. The Kier molecular flexibility index (Phi) is 11.0. The molecule has 0 unspecified atom stereocenters. The molecular weight excluding hydrogens is 450 g/mol. The lowest BCUT2D eigenvalue weighted by Gasteiger charge is -2.23. The minimum atomic E-state index is -0.374. The molecule has 0 heterocycles. The highest BCUT2D eigenvalue weighted by Crippen LogP contribution is 2.18. The second kappa shape index (κ2) is 14.7. The third-order valence-corrected chi connectivity index (χ3v) is 6.22. The van der Waals surface area contributed by atoms with Crippen molar-refractivity contribution in [3.8, 4) is 5.75 Å². The van der Waals surface area contributed by atoms with Crippen LogP contribution in [0.15, 0.2) is 78.9 Å². The van der Waals surface area contributed by atoms with Gasteiger partial charge in [-0.3, -0.25) is 4.79 Å². The van der Waals surface area contributed by atoms with E-state index in [9.17, 15) is 9.59 Å². The Morgan fingerprint density at radius 2 is 1.53 bits per heavy atom. The minimum absolute atomic E-state index is 0.190. The zero-order chi connectivity index (χ0) is 25.6. The van der Waals surface area contributed by atoms with Gasteiger partial charge in [0.05, 0.1) is 12.7 Å². The predicted octanol–water partition coefficient (Wildman–Crippen LogP) is 6.59. The maximum atomic E-state index is 13.1. The molecule has 0 radical (unpaired) electrons. The van der Waals surface area contributed by atoms with E-state index in [1.54, 1.807) is 12.1 Å². The summed E-state index contributed by atoms with van der Waals surface area (Å²) in [5.74, 6) is 0.530. The summed E-state index contributed by atoms with van der Waals surface area (Å²) < 4.78 is 10.7. The third-order valence-electron chi connectivity index (χ3n) is 6.22. The van der Waals surface area contributed by atoms with Gasteiger partial charge in [-0.2, -0.15) is 0 Å². The SMILES string of the molecule is CCCCCCN(Cc1ccccc1)C(=O)CCc1ccc(OCc2ccccc2C(=O)OC)cc1. The lowest BCUT2D eigenvalue weighted by atomic mass is 10.1. The molecule has 0 saturated carbocycles. The molecule has 190 valence electrons. The molecule has 5 nitrogen and oxygen atoms in total.